The van der Waals surface area contributed by atoms with Crippen molar-refractivity contribution >= 4 is 10.3 Å². The molecule has 1 rings (SSSR count). The molecule has 0 aromatic heterocycles. The van der Waals surface area contributed by atoms with Crippen LogP contribution in [-0.2, 0) is 0 Å². The Bertz CT molecular complexity index is 174. The molecule has 0 saturated carbocycles. The maximum Gasteiger partial charge on any atom is 0.0572 e. The predicted molar refractivity (Wildman–Crippen MR) is 45.8 cm³/mol. The molecule has 2 atom stereocenters. The third kappa shape index (κ3) is 1.75. The number of nitrogens with zero attached hydrogens (tertiary/aromatic N) is 1. The lowest BCUT2D eigenvalue weighted by atomic mass is 10.3. The van der Waals surface area contributed by atoms with Crippen molar-refractivity contribution in [3.63, 3.8) is 0 Å². The van der Waals surface area contributed by atoms with Gasteiger partial charge in [0.05, 0.1) is 6.54 Å². The van der Waals surface area contributed by atoms with E-state index in [9.17, 15) is 0 Å². The predicted octanol–water partition coefficient (Wildman–Crippen LogP) is 0.911. The van der Waals surface area contributed by atoms with E-state index in [-0.39, 0.29) is 10.3 Å². The second kappa shape index (κ2) is 2.78. The molecular formula is C7H15NS. The molecule has 0 fully saturated rings. The summed E-state index contributed by atoms with van der Waals surface area (Å²) in [6.45, 7) is 3.36. The van der Waals surface area contributed by atoms with Gasteiger partial charge in [-0.1, -0.05) is 0 Å². The number of hydrogen-bond donors (Lipinski definition) is 1. The summed E-state index contributed by atoms with van der Waals surface area (Å²) in [6.07, 6.45) is 2.30. The highest BCUT2D eigenvalue weighted by molar-refractivity contribution is 8.06. The van der Waals surface area contributed by atoms with Gasteiger partial charge in [0.2, 0.25) is 0 Å². The van der Waals surface area contributed by atoms with Crippen molar-refractivity contribution < 1.29 is 0 Å². The minimum absolute atomic E-state index is 0.151. The third-order valence-electron chi connectivity index (χ3n) is 1.88. The zero-order chi connectivity index (χ0) is 6.85. The Morgan fingerprint density at radius 3 is 2.78 bits per heavy atom. The molecule has 0 saturated heterocycles. The first-order chi connectivity index (χ1) is 4.20. The van der Waals surface area contributed by atoms with Crippen molar-refractivity contribution in [2.75, 3.05) is 25.6 Å². The van der Waals surface area contributed by atoms with Gasteiger partial charge in [-0.05, 0) is 26.0 Å². The van der Waals surface area contributed by atoms with Crippen LogP contribution in [0.3, 0.4) is 0 Å². The Kier molecular flexibility index (Phi) is 2.23. The van der Waals surface area contributed by atoms with Crippen molar-refractivity contribution in [1.82, 2.24) is 4.90 Å². The van der Waals surface area contributed by atoms with Gasteiger partial charge >= 0.3 is 0 Å². The van der Waals surface area contributed by atoms with E-state index in [4.69, 9.17) is 0 Å². The van der Waals surface area contributed by atoms with E-state index in [1.54, 1.807) is 0 Å². The Morgan fingerprint density at radius 1 is 1.67 bits per heavy atom. The van der Waals surface area contributed by atoms with Crippen LogP contribution in [0.1, 0.15) is 6.92 Å². The molecule has 1 nitrogen and oxygen atoms in total. The minimum Gasteiger partial charge on any atom is -0.292 e. The number of hydrogen-bond acceptors (Lipinski definition) is 1. The molecule has 0 spiro atoms. The minimum atomic E-state index is 0.151. The smallest absolute Gasteiger partial charge is 0.0572 e. The van der Waals surface area contributed by atoms with E-state index in [2.05, 4.69) is 30.3 Å². The largest absolute Gasteiger partial charge is 0.292 e. The van der Waals surface area contributed by atoms with E-state index in [0.29, 0.717) is 0 Å². The van der Waals surface area contributed by atoms with Gasteiger partial charge in [0.15, 0.2) is 0 Å². The van der Waals surface area contributed by atoms with Crippen LogP contribution in [0, 0.1) is 5.18 Å². The van der Waals surface area contributed by atoms with Crippen LogP contribution in [0.5, 0.6) is 0 Å². The molecule has 0 amide bonds. The second-order valence-corrected chi connectivity index (χ2v) is 4.88. The van der Waals surface area contributed by atoms with E-state index in [0.717, 1.165) is 12.6 Å². The number of rotatable bonds is 0. The molecule has 1 aliphatic heterocycles. The molecule has 0 radical (unpaired) electrons. The van der Waals surface area contributed by atoms with Gasteiger partial charge in [-0.25, -0.2) is 10.3 Å². The zero-order valence-corrected chi connectivity index (χ0v) is 7.28. The quantitative estimate of drug-likeness (QED) is 0.496. The lowest BCUT2D eigenvalue weighted by molar-refractivity contribution is 0.309. The second-order valence-electron chi connectivity index (χ2n) is 2.80. The first kappa shape index (κ1) is 7.20. The average Bonchev–Trinajstić information content (AvgIpc) is 1.80. The SMILES string of the molecule is CC1C[SH](C)#CCN1C. The van der Waals surface area contributed by atoms with E-state index in [1.807, 2.05) is 0 Å². The third-order valence-corrected chi connectivity index (χ3v) is 3.64. The van der Waals surface area contributed by atoms with Crippen molar-refractivity contribution in [3.8, 4) is 5.18 Å². The van der Waals surface area contributed by atoms with Crippen molar-refractivity contribution in [3.05, 3.63) is 0 Å². The molecule has 0 aromatic carbocycles. The molecule has 54 valence electrons. The highest BCUT2D eigenvalue weighted by Gasteiger charge is 2.09. The Balaban J connectivity index is 2.62. The Labute approximate surface area is 59.6 Å². The molecule has 9 heavy (non-hydrogen) atoms. The number of thiol groups is 1. The first-order valence-corrected chi connectivity index (χ1v) is 5.32. The van der Waals surface area contributed by atoms with Gasteiger partial charge in [-0.2, -0.15) is 0 Å². The molecule has 1 heterocycles. The molecule has 2 heteroatoms. The molecule has 0 bridgehead atoms. The lowest BCUT2D eigenvalue weighted by Gasteiger charge is -2.26. The Hall–Kier alpha value is 0.0900. The van der Waals surface area contributed by atoms with E-state index < -0.39 is 0 Å². The maximum atomic E-state index is 3.45. The monoisotopic (exact) mass is 145 g/mol. The van der Waals surface area contributed by atoms with Gasteiger partial charge in [0.1, 0.15) is 0 Å². The summed E-state index contributed by atoms with van der Waals surface area (Å²) in [5, 5.41) is 3.45. The van der Waals surface area contributed by atoms with Gasteiger partial charge in [0, 0.05) is 6.04 Å². The van der Waals surface area contributed by atoms with Crippen LogP contribution in [0.25, 0.3) is 0 Å². The highest BCUT2D eigenvalue weighted by atomic mass is 32.2. The normalized spacial score (nSPS) is 37.2. The summed E-state index contributed by atoms with van der Waals surface area (Å²) in [4.78, 5) is 2.35. The van der Waals surface area contributed by atoms with Crippen LogP contribution in [-0.4, -0.2) is 36.5 Å². The van der Waals surface area contributed by atoms with Crippen LogP contribution in [0.2, 0.25) is 0 Å². The fourth-order valence-electron chi connectivity index (χ4n) is 0.988. The molecular weight excluding hydrogens is 130 g/mol. The maximum absolute atomic E-state index is 3.45. The average molecular weight is 145 g/mol. The van der Waals surface area contributed by atoms with Gasteiger partial charge in [-0.3, -0.25) is 4.90 Å². The lowest BCUT2D eigenvalue weighted by Crippen LogP contribution is -2.33. The van der Waals surface area contributed by atoms with Gasteiger partial charge in [-0.15, -0.1) is 5.18 Å². The Morgan fingerprint density at radius 2 is 2.33 bits per heavy atom. The molecule has 0 aromatic rings. The van der Waals surface area contributed by atoms with Crippen molar-refractivity contribution in [1.29, 1.82) is 0 Å². The standard InChI is InChI=1S/C7H15NS/c1-7-6-9(3)5-4-8(7)2/h7,9H,4,6H2,1-3H3. The summed E-state index contributed by atoms with van der Waals surface area (Å²) < 4.78 is 0. The summed E-state index contributed by atoms with van der Waals surface area (Å²) in [5.74, 6) is 1.34. The molecule has 0 aliphatic carbocycles. The molecule has 1 aliphatic rings. The summed E-state index contributed by atoms with van der Waals surface area (Å²) in [6, 6.07) is 0.780. The van der Waals surface area contributed by atoms with Crippen molar-refractivity contribution in [2.24, 2.45) is 0 Å². The van der Waals surface area contributed by atoms with Gasteiger partial charge < -0.3 is 0 Å². The summed E-state index contributed by atoms with van der Waals surface area (Å²) in [7, 11) is 2.32. The van der Waals surface area contributed by atoms with Crippen LogP contribution in [0.4, 0.5) is 0 Å². The van der Waals surface area contributed by atoms with E-state index in [1.165, 1.54) is 5.75 Å². The molecule has 0 N–H and O–H groups in total. The van der Waals surface area contributed by atoms with Crippen molar-refractivity contribution in [2.45, 2.75) is 13.0 Å². The zero-order valence-electron chi connectivity index (χ0n) is 6.39. The van der Waals surface area contributed by atoms with Crippen LogP contribution >= 0.6 is 10.3 Å². The van der Waals surface area contributed by atoms with E-state index >= 15 is 0 Å². The van der Waals surface area contributed by atoms with Crippen LogP contribution in [0.15, 0.2) is 0 Å². The van der Waals surface area contributed by atoms with Crippen LogP contribution < -0.4 is 0 Å². The summed E-state index contributed by atoms with van der Waals surface area (Å²) in [5.41, 5.74) is 0. The first-order valence-electron chi connectivity index (χ1n) is 3.35. The topological polar surface area (TPSA) is 3.24 Å². The van der Waals surface area contributed by atoms with Gasteiger partial charge in [0.25, 0.3) is 0 Å². The highest BCUT2D eigenvalue weighted by Crippen LogP contribution is 2.12. The fourth-order valence-corrected chi connectivity index (χ4v) is 2.65. The molecule has 2 unspecified atom stereocenters. The fraction of sp³-hybridized carbons (Fsp3) is 0.857. The summed E-state index contributed by atoms with van der Waals surface area (Å²) >= 11 is 0.